The van der Waals surface area contributed by atoms with Crippen LogP contribution in [0.4, 0.5) is 10.1 Å². The normalized spacial score (nSPS) is 18.4. The lowest BCUT2D eigenvalue weighted by atomic mass is 9.84. The van der Waals surface area contributed by atoms with Gasteiger partial charge in [0, 0.05) is 29.9 Å². The number of hydrogen-bond acceptors (Lipinski definition) is 2. The van der Waals surface area contributed by atoms with E-state index >= 15 is 0 Å². The Bertz CT molecular complexity index is 488. The van der Waals surface area contributed by atoms with Gasteiger partial charge in [-0.3, -0.25) is 4.79 Å². The van der Waals surface area contributed by atoms with E-state index in [4.69, 9.17) is 5.73 Å². The summed E-state index contributed by atoms with van der Waals surface area (Å²) in [7, 11) is 0. The van der Waals surface area contributed by atoms with E-state index < -0.39 is 5.82 Å². The fraction of sp³-hybridized carbons (Fsp3) is 0.533. The number of likely N-dealkylation sites (tertiary alicyclic amines) is 1. The molecule has 1 fully saturated rings. The fourth-order valence-electron chi connectivity index (χ4n) is 2.60. The topological polar surface area (TPSA) is 46.3 Å². The molecule has 2 N–H and O–H groups in total. The molecule has 0 spiro atoms. The van der Waals surface area contributed by atoms with Gasteiger partial charge in [0.2, 0.25) is 0 Å². The van der Waals surface area contributed by atoms with Crippen molar-refractivity contribution in [3.63, 3.8) is 0 Å². The zero-order valence-corrected chi connectivity index (χ0v) is 11.8. The second kappa shape index (κ2) is 4.83. The monoisotopic (exact) mass is 264 g/mol. The fourth-order valence-corrected chi connectivity index (χ4v) is 2.60. The molecule has 1 aliphatic heterocycles. The third-order valence-corrected chi connectivity index (χ3v) is 3.82. The maximum atomic E-state index is 13.7. The molecule has 1 aromatic carbocycles. The summed E-state index contributed by atoms with van der Waals surface area (Å²) in [4.78, 5) is 14.2. The van der Waals surface area contributed by atoms with Gasteiger partial charge in [-0.2, -0.15) is 0 Å². The van der Waals surface area contributed by atoms with Crippen molar-refractivity contribution in [2.24, 2.45) is 5.41 Å². The first kappa shape index (κ1) is 13.8. The van der Waals surface area contributed by atoms with Crippen molar-refractivity contribution in [1.82, 2.24) is 4.90 Å². The first-order chi connectivity index (χ1) is 8.80. The van der Waals surface area contributed by atoms with E-state index in [2.05, 4.69) is 13.8 Å². The first-order valence-corrected chi connectivity index (χ1v) is 6.65. The summed E-state index contributed by atoms with van der Waals surface area (Å²) < 4.78 is 13.7. The van der Waals surface area contributed by atoms with Crippen LogP contribution in [0.2, 0.25) is 0 Å². The van der Waals surface area contributed by atoms with Crippen LogP contribution in [0.1, 0.15) is 42.6 Å². The van der Waals surface area contributed by atoms with Crippen molar-refractivity contribution in [2.45, 2.75) is 33.6 Å². The Balaban J connectivity index is 2.25. The molecule has 19 heavy (non-hydrogen) atoms. The summed E-state index contributed by atoms with van der Waals surface area (Å²) in [6.45, 7) is 7.36. The molecule has 1 amide bonds. The standard InChI is InChI=1S/C15H21FN2O/c1-10-12(16)7-11(8-13(10)17)14(19)18-6-4-5-15(2,3)9-18/h7-8H,4-6,9,17H2,1-3H3. The van der Waals surface area contributed by atoms with Crippen molar-refractivity contribution >= 4 is 11.6 Å². The van der Waals surface area contributed by atoms with Crippen molar-refractivity contribution < 1.29 is 9.18 Å². The van der Waals surface area contributed by atoms with Crippen LogP contribution < -0.4 is 5.73 Å². The Hall–Kier alpha value is -1.58. The summed E-state index contributed by atoms with van der Waals surface area (Å²) in [6.07, 6.45) is 2.10. The molecule has 1 heterocycles. The van der Waals surface area contributed by atoms with Gasteiger partial charge in [-0.1, -0.05) is 13.8 Å². The third kappa shape index (κ3) is 2.88. The molecule has 3 nitrogen and oxygen atoms in total. The van der Waals surface area contributed by atoms with Crippen LogP contribution in [0.25, 0.3) is 0 Å². The van der Waals surface area contributed by atoms with Gasteiger partial charge < -0.3 is 10.6 Å². The van der Waals surface area contributed by atoms with Crippen LogP contribution in [-0.4, -0.2) is 23.9 Å². The van der Waals surface area contributed by atoms with E-state index in [1.54, 1.807) is 17.9 Å². The highest BCUT2D eigenvalue weighted by atomic mass is 19.1. The summed E-state index contributed by atoms with van der Waals surface area (Å²) >= 11 is 0. The molecule has 1 aromatic rings. The number of amides is 1. The molecule has 0 aliphatic carbocycles. The highest BCUT2D eigenvalue weighted by Crippen LogP contribution is 2.29. The number of halogens is 1. The predicted octanol–water partition coefficient (Wildman–Crippen LogP) is 2.98. The number of anilines is 1. The van der Waals surface area contributed by atoms with Crippen molar-refractivity contribution in [3.05, 3.63) is 29.1 Å². The molecule has 2 rings (SSSR count). The third-order valence-electron chi connectivity index (χ3n) is 3.82. The van der Waals surface area contributed by atoms with Crippen molar-refractivity contribution in [3.8, 4) is 0 Å². The van der Waals surface area contributed by atoms with E-state index in [1.807, 2.05) is 0 Å². The van der Waals surface area contributed by atoms with E-state index in [0.717, 1.165) is 19.4 Å². The Labute approximate surface area is 113 Å². The number of benzene rings is 1. The highest BCUT2D eigenvalue weighted by molar-refractivity contribution is 5.95. The second-order valence-electron chi connectivity index (χ2n) is 6.17. The summed E-state index contributed by atoms with van der Waals surface area (Å²) in [5.41, 5.74) is 6.94. The van der Waals surface area contributed by atoms with Gasteiger partial charge in [-0.15, -0.1) is 0 Å². The summed E-state index contributed by atoms with van der Waals surface area (Å²) in [5.74, 6) is -0.544. The molecule has 0 radical (unpaired) electrons. The highest BCUT2D eigenvalue weighted by Gasteiger charge is 2.29. The minimum atomic E-state index is -0.417. The Morgan fingerprint density at radius 2 is 2.11 bits per heavy atom. The predicted molar refractivity (Wildman–Crippen MR) is 74.5 cm³/mol. The van der Waals surface area contributed by atoms with Crippen LogP contribution in [0.5, 0.6) is 0 Å². The molecule has 0 aromatic heterocycles. The van der Waals surface area contributed by atoms with Crippen LogP contribution in [0, 0.1) is 18.2 Å². The van der Waals surface area contributed by atoms with Gasteiger partial charge in [-0.25, -0.2) is 4.39 Å². The number of rotatable bonds is 1. The van der Waals surface area contributed by atoms with Crippen molar-refractivity contribution in [2.75, 3.05) is 18.8 Å². The lowest BCUT2D eigenvalue weighted by molar-refractivity contribution is 0.0583. The van der Waals surface area contributed by atoms with Crippen molar-refractivity contribution in [1.29, 1.82) is 0 Å². The van der Waals surface area contributed by atoms with Gasteiger partial charge in [0.05, 0.1) is 0 Å². The minimum absolute atomic E-state index is 0.127. The van der Waals surface area contributed by atoms with Gasteiger partial charge in [0.15, 0.2) is 0 Å². The lowest BCUT2D eigenvalue weighted by Gasteiger charge is -2.38. The molecule has 0 unspecified atom stereocenters. The zero-order chi connectivity index (χ0) is 14.2. The Morgan fingerprint density at radius 1 is 1.42 bits per heavy atom. The van der Waals surface area contributed by atoms with Crippen LogP contribution >= 0.6 is 0 Å². The van der Waals surface area contributed by atoms with Gasteiger partial charge >= 0.3 is 0 Å². The molecule has 0 atom stereocenters. The Kier molecular flexibility index (Phi) is 3.52. The van der Waals surface area contributed by atoms with Gasteiger partial charge in [0.25, 0.3) is 5.91 Å². The maximum absolute atomic E-state index is 13.7. The molecule has 4 heteroatoms. The zero-order valence-electron chi connectivity index (χ0n) is 11.8. The quantitative estimate of drug-likeness (QED) is 0.793. The SMILES string of the molecule is Cc1c(N)cc(C(=O)N2CCCC(C)(C)C2)cc1F. The number of hydrogen-bond donors (Lipinski definition) is 1. The molecular formula is C15H21FN2O. The number of carbonyl (C=O) groups is 1. The summed E-state index contributed by atoms with van der Waals surface area (Å²) in [5, 5.41) is 0. The average molecular weight is 264 g/mol. The van der Waals surface area contributed by atoms with Crippen LogP contribution in [0.15, 0.2) is 12.1 Å². The maximum Gasteiger partial charge on any atom is 0.254 e. The first-order valence-electron chi connectivity index (χ1n) is 6.65. The van der Waals surface area contributed by atoms with Crippen LogP contribution in [-0.2, 0) is 0 Å². The molecule has 0 bridgehead atoms. The van der Waals surface area contributed by atoms with E-state index in [0.29, 0.717) is 23.4 Å². The number of carbonyl (C=O) groups excluding carboxylic acids is 1. The summed E-state index contributed by atoms with van der Waals surface area (Å²) in [6, 6.07) is 2.86. The largest absolute Gasteiger partial charge is 0.398 e. The molecule has 1 aliphatic rings. The lowest BCUT2D eigenvalue weighted by Crippen LogP contribution is -2.43. The Morgan fingerprint density at radius 3 is 2.68 bits per heavy atom. The number of nitrogens with two attached hydrogens (primary N) is 1. The smallest absolute Gasteiger partial charge is 0.254 e. The number of nitrogens with zero attached hydrogens (tertiary/aromatic N) is 1. The van der Waals surface area contributed by atoms with Gasteiger partial charge in [0.1, 0.15) is 5.82 Å². The average Bonchev–Trinajstić information content (AvgIpc) is 2.33. The number of nitrogen functional groups attached to an aromatic ring is 1. The molecule has 104 valence electrons. The minimum Gasteiger partial charge on any atom is -0.398 e. The molecule has 1 saturated heterocycles. The molecule has 0 saturated carbocycles. The van der Waals surface area contributed by atoms with Gasteiger partial charge in [-0.05, 0) is 37.3 Å². The molecular weight excluding hydrogens is 243 g/mol. The number of piperidine rings is 1. The van der Waals surface area contributed by atoms with E-state index in [1.165, 1.54) is 6.07 Å². The van der Waals surface area contributed by atoms with Crippen LogP contribution in [0.3, 0.4) is 0 Å². The van der Waals surface area contributed by atoms with E-state index in [-0.39, 0.29) is 11.3 Å². The van der Waals surface area contributed by atoms with E-state index in [9.17, 15) is 9.18 Å². The second-order valence-corrected chi connectivity index (χ2v) is 6.17.